The lowest BCUT2D eigenvalue weighted by Gasteiger charge is -2.33. The molecule has 2 heteroatoms. The van der Waals surface area contributed by atoms with Gasteiger partial charge in [0.25, 0.3) is 0 Å². The fraction of sp³-hybridized carbons (Fsp3) is 0.625. The van der Waals surface area contributed by atoms with Crippen LogP contribution in [0.1, 0.15) is 38.7 Å². The van der Waals surface area contributed by atoms with Crippen LogP contribution in [0, 0.1) is 0 Å². The Morgan fingerprint density at radius 1 is 1.22 bits per heavy atom. The zero-order valence-electron chi connectivity index (χ0n) is 11.7. The summed E-state index contributed by atoms with van der Waals surface area (Å²) in [5.74, 6) is 0. The first kappa shape index (κ1) is 13.6. The Labute approximate surface area is 111 Å². The van der Waals surface area contributed by atoms with Crippen LogP contribution in [-0.2, 0) is 6.54 Å². The molecule has 2 nitrogen and oxygen atoms in total. The number of piperidine rings is 1. The number of rotatable bonds is 5. The molecule has 0 saturated carbocycles. The second-order valence-corrected chi connectivity index (χ2v) is 5.51. The molecule has 1 aromatic rings. The number of hydrogen-bond acceptors (Lipinski definition) is 2. The minimum Gasteiger partial charge on any atom is -0.311 e. The average molecular weight is 246 g/mol. The lowest BCUT2D eigenvalue weighted by Crippen LogP contribution is -2.45. The summed E-state index contributed by atoms with van der Waals surface area (Å²) in [7, 11) is 0. The lowest BCUT2D eigenvalue weighted by molar-refractivity contribution is 0.184. The summed E-state index contributed by atoms with van der Waals surface area (Å²) in [5, 5.41) is 3.73. The third kappa shape index (κ3) is 4.11. The molecule has 0 amide bonds. The molecule has 1 aromatic carbocycles. The van der Waals surface area contributed by atoms with E-state index in [-0.39, 0.29) is 0 Å². The molecule has 2 rings (SSSR count). The van der Waals surface area contributed by atoms with Gasteiger partial charge >= 0.3 is 0 Å². The van der Waals surface area contributed by atoms with Crippen molar-refractivity contribution in [2.75, 3.05) is 13.1 Å². The highest BCUT2D eigenvalue weighted by molar-refractivity contribution is 5.14. The second-order valence-electron chi connectivity index (χ2n) is 5.51. The van der Waals surface area contributed by atoms with Crippen LogP contribution >= 0.6 is 0 Å². The standard InChI is InChI=1S/C16H26N2/c1-3-14(2)17-16-9-11-18(12-10-16)13-15-7-5-4-6-8-15/h4-8,14,16-17H,3,9-13H2,1-2H3. The summed E-state index contributed by atoms with van der Waals surface area (Å²) < 4.78 is 0. The average Bonchev–Trinajstić information content (AvgIpc) is 2.42. The van der Waals surface area contributed by atoms with Gasteiger partial charge in [-0.2, -0.15) is 0 Å². The fourth-order valence-electron chi connectivity index (χ4n) is 2.62. The van der Waals surface area contributed by atoms with Gasteiger partial charge in [-0.15, -0.1) is 0 Å². The third-order valence-corrected chi connectivity index (χ3v) is 3.97. The number of likely N-dealkylation sites (tertiary alicyclic amines) is 1. The van der Waals surface area contributed by atoms with E-state index in [1.54, 1.807) is 0 Å². The molecular weight excluding hydrogens is 220 g/mol. The Kier molecular flexibility index (Phi) is 5.21. The fourth-order valence-corrected chi connectivity index (χ4v) is 2.62. The largest absolute Gasteiger partial charge is 0.311 e. The molecule has 100 valence electrons. The van der Waals surface area contributed by atoms with Gasteiger partial charge in [0.1, 0.15) is 0 Å². The Morgan fingerprint density at radius 2 is 1.89 bits per heavy atom. The quantitative estimate of drug-likeness (QED) is 0.859. The van der Waals surface area contributed by atoms with Crippen molar-refractivity contribution >= 4 is 0 Å². The second kappa shape index (κ2) is 6.91. The zero-order valence-corrected chi connectivity index (χ0v) is 11.7. The zero-order chi connectivity index (χ0) is 12.8. The lowest BCUT2D eigenvalue weighted by atomic mass is 10.0. The normalized spacial score (nSPS) is 19.9. The molecule has 18 heavy (non-hydrogen) atoms. The van der Waals surface area contributed by atoms with Crippen molar-refractivity contribution in [1.82, 2.24) is 10.2 Å². The molecule has 1 aliphatic heterocycles. The predicted molar refractivity (Wildman–Crippen MR) is 77.6 cm³/mol. The maximum atomic E-state index is 3.73. The molecule has 1 aliphatic rings. The Balaban J connectivity index is 1.73. The molecule has 0 radical (unpaired) electrons. The van der Waals surface area contributed by atoms with E-state index in [2.05, 4.69) is 54.4 Å². The van der Waals surface area contributed by atoms with Crippen LogP contribution in [0.15, 0.2) is 30.3 Å². The van der Waals surface area contributed by atoms with Crippen LogP contribution in [0.4, 0.5) is 0 Å². The van der Waals surface area contributed by atoms with Gasteiger partial charge in [0, 0.05) is 18.6 Å². The maximum Gasteiger partial charge on any atom is 0.0233 e. The molecule has 0 aromatic heterocycles. The van der Waals surface area contributed by atoms with Crippen LogP contribution in [0.25, 0.3) is 0 Å². The van der Waals surface area contributed by atoms with Crippen LogP contribution in [0.5, 0.6) is 0 Å². The Bertz CT molecular complexity index is 328. The molecule has 1 heterocycles. The highest BCUT2D eigenvalue weighted by Gasteiger charge is 2.19. The summed E-state index contributed by atoms with van der Waals surface area (Å²) in [6, 6.07) is 12.2. The number of nitrogens with zero attached hydrogens (tertiary/aromatic N) is 1. The van der Waals surface area contributed by atoms with Gasteiger partial charge in [0.2, 0.25) is 0 Å². The summed E-state index contributed by atoms with van der Waals surface area (Å²) in [6.07, 6.45) is 3.80. The van der Waals surface area contributed by atoms with E-state index in [0.29, 0.717) is 6.04 Å². The van der Waals surface area contributed by atoms with E-state index in [4.69, 9.17) is 0 Å². The van der Waals surface area contributed by atoms with E-state index >= 15 is 0 Å². The molecule has 0 bridgehead atoms. The van der Waals surface area contributed by atoms with E-state index < -0.39 is 0 Å². The topological polar surface area (TPSA) is 15.3 Å². The van der Waals surface area contributed by atoms with Gasteiger partial charge in [-0.3, -0.25) is 4.90 Å². The van der Waals surface area contributed by atoms with Gasteiger partial charge in [-0.25, -0.2) is 0 Å². The highest BCUT2D eigenvalue weighted by Crippen LogP contribution is 2.14. The third-order valence-electron chi connectivity index (χ3n) is 3.97. The van der Waals surface area contributed by atoms with Crippen molar-refractivity contribution in [3.8, 4) is 0 Å². The van der Waals surface area contributed by atoms with E-state index in [0.717, 1.165) is 12.6 Å². The van der Waals surface area contributed by atoms with Crippen molar-refractivity contribution in [3.63, 3.8) is 0 Å². The van der Waals surface area contributed by atoms with Gasteiger partial charge in [-0.1, -0.05) is 37.3 Å². The number of hydrogen-bond donors (Lipinski definition) is 1. The molecule has 0 spiro atoms. The van der Waals surface area contributed by atoms with Gasteiger partial charge in [0.15, 0.2) is 0 Å². The van der Waals surface area contributed by atoms with Crippen LogP contribution in [0.3, 0.4) is 0 Å². The molecule has 1 N–H and O–H groups in total. The summed E-state index contributed by atoms with van der Waals surface area (Å²) in [4.78, 5) is 2.57. The van der Waals surface area contributed by atoms with Gasteiger partial charge in [0.05, 0.1) is 0 Å². The number of nitrogens with one attached hydrogen (secondary N) is 1. The molecule has 1 atom stereocenters. The van der Waals surface area contributed by atoms with E-state index in [1.165, 1.54) is 37.9 Å². The first-order chi connectivity index (χ1) is 8.78. The van der Waals surface area contributed by atoms with Crippen molar-refractivity contribution < 1.29 is 0 Å². The van der Waals surface area contributed by atoms with Crippen LogP contribution in [0.2, 0.25) is 0 Å². The molecule has 1 unspecified atom stereocenters. The Hall–Kier alpha value is -0.860. The van der Waals surface area contributed by atoms with Gasteiger partial charge in [-0.05, 0) is 44.8 Å². The summed E-state index contributed by atoms with van der Waals surface area (Å²) >= 11 is 0. The number of benzene rings is 1. The van der Waals surface area contributed by atoms with Crippen molar-refractivity contribution in [1.29, 1.82) is 0 Å². The van der Waals surface area contributed by atoms with Gasteiger partial charge < -0.3 is 5.32 Å². The van der Waals surface area contributed by atoms with E-state index in [1.807, 2.05) is 0 Å². The Morgan fingerprint density at radius 3 is 2.50 bits per heavy atom. The molecule has 1 saturated heterocycles. The van der Waals surface area contributed by atoms with Crippen LogP contribution in [-0.4, -0.2) is 30.1 Å². The smallest absolute Gasteiger partial charge is 0.0233 e. The summed E-state index contributed by atoms with van der Waals surface area (Å²) in [6.45, 7) is 8.10. The SMILES string of the molecule is CCC(C)NC1CCN(Cc2ccccc2)CC1. The maximum absolute atomic E-state index is 3.73. The minimum absolute atomic E-state index is 0.663. The minimum atomic E-state index is 0.663. The van der Waals surface area contributed by atoms with E-state index in [9.17, 15) is 0 Å². The molecule has 1 fully saturated rings. The van der Waals surface area contributed by atoms with Crippen molar-refractivity contribution in [3.05, 3.63) is 35.9 Å². The highest BCUT2D eigenvalue weighted by atomic mass is 15.1. The molecule has 0 aliphatic carbocycles. The van der Waals surface area contributed by atoms with Crippen LogP contribution < -0.4 is 5.32 Å². The monoisotopic (exact) mass is 246 g/mol. The van der Waals surface area contributed by atoms with Crippen molar-refractivity contribution in [2.24, 2.45) is 0 Å². The van der Waals surface area contributed by atoms with Crippen molar-refractivity contribution in [2.45, 2.75) is 51.7 Å². The summed E-state index contributed by atoms with van der Waals surface area (Å²) in [5.41, 5.74) is 1.44. The first-order valence-electron chi connectivity index (χ1n) is 7.30. The molecular formula is C16H26N2. The predicted octanol–water partition coefficient (Wildman–Crippen LogP) is 3.04. The first-order valence-corrected chi connectivity index (χ1v) is 7.30.